The molecule has 0 aliphatic carbocycles. The largest absolute Gasteiger partial charge is 0.491 e. The first kappa shape index (κ1) is 20.5. The molecular formula is C27H27N3O2. The van der Waals surface area contributed by atoms with Gasteiger partial charge in [-0.05, 0) is 66.9 Å². The van der Waals surface area contributed by atoms with Crippen LogP contribution in [0.2, 0.25) is 0 Å². The number of imidazole rings is 1. The van der Waals surface area contributed by atoms with Gasteiger partial charge in [-0.15, -0.1) is 0 Å². The summed E-state index contributed by atoms with van der Waals surface area (Å²) in [6.07, 6.45) is 6.18. The van der Waals surface area contributed by atoms with Gasteiger partial charge in [-0.2, -0.15) is 0 Å². The molecule has 0 amide bonds. The Morgan fingerprint density at radius 2 is 1.66 bits per heavy atom. The van der Waals surface area contributed by atoms with E-state index in [1.54, 1.807) is 0 Å². The molecule has 3 aromatic carbocycles. The molecule has 1 aliphatic rings. The minimum absolute atomic E-state index is 0.158. The highest BCUT2D eigenvalue weighted by atomic mass is 16.5. The van der Waals surface area contributed by atoms with Crippen molar-refractivity contribution in [1.82, 2.24) is 14.9 Å². The van der Waals surface area contributed by atoms with Crippen molar-refractivity contribution in [2.75, 3.05) is 13.1 Å². The van der Waals surface area contributed by atoms with Gasteiger partial charge in [-0.3, -0.25) is 4.57 Å². The maximum Gasteiger partial charge on any atom is 0.119 e. The molecule has 0 spiro atoms. The summed E-state index contributed by atoms with van der Waals surface area (Å²) in [4.78, 5) is 4.60. The van der Waals surface area contributed by atoms with Crippen LogP contribution >= 0.6 is 0 Å². The third-order valence-electron chi connectivity index (χ3n) is 5.81. The minimum Gasteiger partial charge on any atom is -0.491 e. The summed E-state index contributed by atoms with van der Waals surface area (Å²) in [5.74, 6) is 0.868. The Bertz CT molecular complexity index is 1250. The molecule has 0 unspecified atom stereocenters. The van der Waals surface area contributed by atoms with E-state index in [-0.39, 0.29) is 6.10 Å². The molecule has 0 bridgehead atoms. The number of fused-ring (bicyclic) bond motifs is 1. The summed E-state index contributed by atoms with van der Waals surface area (Å²) in [7, 11) is 0. The van der Waals surface area contributed by atoms with E-state index in [2.05, 4.69) is 45.2 Å². The molecule has 2 N–H and O–H groups in total. The smallest absolute Gasteiger partial charge is 0.119 e. The highest BCUT2D eigenvalue weighted by molar-refractivity contribution is 5.82. The molecule has 1 aliphatic heterocycles. The maximum absolute atomic E-state index is 10.4. The Morgan fingerprint density at radius 1 is 0.969 bits per heavy atom. The molecule has 32 heavy (non-hydrogen) atoms. The molecule has 0 atom stereocenters. The zero-order valence-corrected chi connectivity index (χ0v) is 18.3. The fraction of sp³-hybridized carbons (Fsp3) is 0.222. The van der Waals surface area contributed by atoms with Gasteiger partial charge >= 0.3 is 0 Å². The Hall–Kier alpha value is -3.41. The number of aliphatic hydroxyl groups is 1. The van der Waals surface area contributed by atoms with E-state index in [1.165, 1.54) is 0 Å². The van der Waals surface area contributed by atoms with Gasteiger partial charge in [0.05, 0.1) is 17.1 Å². The molecule has 1 saturated heterocycles. The van der Waals surface area contributed by atoms with Crippen LogP contribution in [0.5, 0.6) is 5.75 Å². The predicted molar refractivity (Wildman–Crippen MR) is 129 cm³/mol. The van der Waals surface area contributed by atoms with Gasteiger partial charge in [0.15, 0.2) is 0 Å². The second-order valence-electron chi connectivity index (χ2n) is 8.61. The summed E-state index contributed by atoms with van der Waals surface area (Å²) < 4.78 is 7.82. The standard InChI is InChI=1S/C27H27N3O2/c1-19(2)32-24-12-10-23(11-13-24)30-18-29-25-15-21(7-14-26(25)30)4-3-20-5-8-22(9-6-20)27(31)16-28-17-27/h3-15,18-19,28,31H,16-17H2,1-2H3. The van der Waals surface area contributed by atoms with Crippen molar-refractivity contribution in [2.45, 2.75) is 25.6 Å². The van der Waals surface area contributed by atoms with Gasteiger partial charge in [-0.25, -0.2) is 4.98 Å². The number of benzene rings is 3. The van der Waals surface area contributed by atoms with Crippen molar-refractivity contribution in [3.8, 4) is 11.4 Å². The number of aromatic nitrogens is 2. The van der Waals surface area contributed by atoms with Crippen LogP contribution in [-0.2, 0) is 5.60 Å². The molecule has 1 fully saturated rings. The molecule has 0 radical (unpaired) electrons. The first-order valence-corrected chi connectivity index (χ1v) is 11.0. The summed E-state index contributed by atoms with van der Waals surface area (Å²) in [5.41, 5.74) is 5.50. The van der Waals surface area contributed by atoms with Crippen LogP contribution in [-0.4, -0.2) is 33.9 Å². The van der Waals surface area contributed by atoms with Crippen molar-refractivity contribution in [2.24, 2.45) is 0 Å². The Kier molecular flexibility index (Phi) is 5.29. The average molecular weight is 426 g/mol. The van der Waals surface area contributed by atoms with Crippen LogP contribution in [0.3, 0.4) is 0 Å². The van der Waals surface area contributed by atoms with Crippen molar-refractivity contribution in [1.29, 1.82) is 0 Å². The van der Waals surface area contributed by atoms with E-state index in [0.717, 1.165) is 39.2 Å². The molecule has 0 saturated carbocycles. The average Bonchev–Trinajstić information content (AvgIpc) is 3.20. The van der Waals surface area contributed by atoms with Gasteiger partial charge in [0.25, 0.3) is 0 Å². The van der Waals surface area contributed by atoms with Gasteiger partial charge < -0.3 is 15.2 Å². The quantitative estimate of drug-likeness (QED) is 0.437. The topological polar surface area (TPSA) is 59.3 Å². The molecule has 162 valence electrons. The fourth-order valence-electron chi connectivity index (χ4n) is 3.96. The third kappa shape index (κ3) is 4.05. The second-order valence-corrected chi connectivity index (χ2v) is 8.61. The van der Waals surface area contributed by atoms with Crippen LogP contribution in [0, 0.1) is 0 Å². The number of nitrogens with zero attached hydrogens (tertiary/aromatic N) is 2. The van der Waals surface area contributed by atoms with Crippen molar-refractivity contribution in [3.63, 3.8) is 0 Å². The normalized spacial score (nSPS) is 15.4. The monoisotopic (exact) mass is 425 g/mol. The van der Waals surface area contributed by atoms with Crippen LogP contribution in [0.1, 0.15) is 30.5 Å². The summed E-state index contributed by atoms with van der Waals surface area (Å²) >= 11 is 0. The lowest BCUT2D eigenvalue weighted by molar-refractivity contribution is -0.0146. The number of ether oxygens (including phenoxy) is 1. The molecule has 5 nitrogen and oxygen atoms in total. The van der Waals surface area contributed by atoms with Gasteiger partial charge in [0.1, 0.15) is 17.7 Å². The van der Waals surface area contributed by atoms with Crippen molar-refractivity contribution in [3.05, 3.63) is 89.7 Å². The highest BCUT2D eigenvalue weighted by Gasteiger charge is 2.35. The number of β-amino-alcohol motifs (C(OH)–C–C–N with tert-alkyl or cyclic N) is 1. The highest BCUT2D eigenvalue weighted by Crippen LogP contribution is 2.26. The summed E-state index contributed by atoms with van der Waals surface area (Å²) in [5, 5.41) is 13.5. The lowest BCUT2D eigenvalue weighted by Crippen LogP contribution is -2.56. The van der Waals surface area contributed by atoms with E-state index in [1.807, 2.05) is 68.7 Å². The molecular weight excluding hydrogens is 398 g/mol. The van der Waals surface area contributed by atoms with Crippen LogP contribution in [0.4, 0.5) is 0 Å². The van der Waals surface area contributed by atoms with Crippen LogP contribution in [0.25, 0.3) is 28.9 Å². The lowest BCUT2D eigenvalue weighted by atomic mass is 9.88. The Morgan fingerprint density at radius 3 is 2.31 bits per heavy atom. The van der Waals surface area contributed by atoms with Crippen LogP contribution in [0.15, 0.2) is 73.1 Å². The van der Waals surface area contributed by atoms with Gasteiger partial charge in [-0.1, -0.05) is 42.5 Å². The van der Waals surface area contributed by atoms with E-state index in [0.29, 0.717) is 13.1 Å². The lowest BCUT2D eigenvalue weighted by Gasteiger charge is -2.38. The van der Waals surface area contributed by atoms with Gasteiger partial charge in [0, 0.05) is 18.8 Å². The molecule has 2 heterocycles. The summed E-state index contributed by atoms with van der Waals surface area (Å²) in [6.45, 7) is 5.28. The SMILES string of the molecule is CC(C)Oc1ccc(-n2cnc3cc(C=Cc4ccc(C5(O)CNC5)cc4)ccc32)cc1. The van der Waals surface area contributed by atoms with E-state index in [9.17, 15) is 5.11 Å². The molecule has 1 aromatic heterocycles. The van der Waals surface area contributed by atoms with E-state index < -0.39 is 5.60 Å². The minimum atomic E-state index is -0.714. The number of rotatable bonds is 6. The van der Waals surface area contributed by atoms with Crippen LogP contribution < -0.4 is 10.1 Å². The Labute approximate surface area is 188 Å². The zero-order valence-electron chi connectivity index (χ0n) is 18.3. The third-order valence-corrected chi connectivity index (χ3v) is 5.81. The number of hydrogen-bond donors (Lipinski definition) is 2. The number of hydrogen-bond acceptors (Lipinski definition) is 4. The first-order chi connectivity index (χ1) is 15.5. The molecule has 5 rings (SSSR count). The maximum atomic E-state index is 10.4. The zero-order chi connectivity index (χ0) is 22.1. The van der Waals surface area contributed by atoms with Crippen molar-refractivity contribution < 1.29 is 9.84 Å². The van der Waals surface area contributed by atoms with Gasteiger partial charge in [0.2, 0.25) is 0 Å². The molecule has 4 aromatic rings. The Balaban J connectivity index is 1.33. The van der Waals surface area contributed by atoms with E-state index >= 15 is 0 Å². The summed E-state index contributed by atoms with van der Waals surface area (Å²) in [6, 6.07) is 22.5. The fourth-order valence-corrected chi connectivity index (χ4v) is 3.96. The van der Waals surface area contributed by atoms with E-state index in [4.69, 9.17) is 4.74 Å². The second kappa shape index (κ2) is 8.26. The van der Waals surface area contributed by atoms with Crippen molar-refractivity contribution >= 4 is 23.2 Å². The first-order valence-electron chi connectivity index (χ1n) is 11.0. The predicted octanol–water partition coefficient (Wildman–Crippen LogP) is 4.77. The molecule has 5 heteroatoms. The number of nitrogens with one attached hydrogen (secondary N) is 1.